The fourth-order valence-electron chi connectivity index (χ4n) is 10.3. The largest absolute Gasteiger partial charge is 0.472 e. The van der Waals surface area contributed by atoms with E-state index in [9.17, 15) is 19.4 Å². The number of aliphatic hydroxyl groups is 1. The summed E-state index contributed by atoms with van der Waals surface area (Å²) >= 11 is 0. The van der Waals surface area contributed by atoms with Crippen LogP contribution in [0.25, 0.3) is 0 Å². The second-order valence-corrected chi connectivity index (χ2v) is 25.7. The van der Waals surface area contributed by atoms with Crippen molar-refractivity contribution in [1.82, 2.24) is 5.32 Å². The first-order valence-electron chi connectivity index (χ1n) is 33.2. The molecule has 0 aliphatic heterocycles. The van der Waals surface area contributed by atoms with Crippen LogP contribution >= 0.6 is 7.82 Å². The number of hydrogen-bond donors (Lipinski definition) is 3. The summed E-state index contributed by atoms with van der Waals surface area (Å²) in [7, 11) is 1.63. The molecule has 0 bridgehead atoms. The maximum atomic E-state index is 13.1. The highest BCUT2D eigenvalue weighted by Gasteiger charge is 2.28. The zero-order valence-electron chi connectivity index (χ0n) is 51.1. The minimum Gasteiger partial charge on any atom is -0.391 e. The Balaban J connectivity index is 4.04. The number of phosphoric acid groups is 1. The first kappa shape index (κ1) is 74.0. The Morgan fingerprint density at radius 1 is 0.453 bits per heavy atom. The van der Waals surface area contributed by atoms with Crippen molar-refractivity contribution in [2.24, 2.45) is 0 Å². The number of nitrogens with zero attached hydrogens (tertiary/aromatic N) is 1. The number of carbonyl (C=O) groups excluding carboxylic acids is 1. The van der Waals surface area contributed by atoms with Gasteiger partial charge in [-0.2, -0.15) is 0 Å². The number of hydrogen-bond acceptors (Lipinski definition) is 5. The smallest absolute Gasteiger partial charge is 0.391 e. The van der Waals surface area contributed by atoms with E-state index in [1.54, 1.807) is 0 Å². The third-order valence-corrected chi connectivity index (χ3v) is 16.4. The van der Waals surface area contributed by atoms with Crippen LogP contribution in [0, 0.1) is 0 Å². The van der Waals surface area contributed by atoms with Gasteiger partial charge >= 0.3 is 7.82 Å². The van der Waals surface area contributed by atoms with Crippen molar-refractivity contribution >= 4 is 13.7 Å². The molecule has 0 rings (SSSR count). The number of aliphatic hydroxyl groups excluding tert-OH is 1. The van der Waals surface area contributed by atoms with E-state index in [-0.39, 0.29) is 19.1 Å². The molecule has 3 atom stereocenters. The lowest BCUT2D eigenvalue weighted by molar-refractivity contribution is -0.870. The minimum atomic E-state index is -4.33. The van der Waals surface area contributed by atoms with Crippen LogP contribution in [0.15, 0.2) is 24.3 Å². The molecule has 8 nitrogen and oxygen atoms in total. The summed E-state index contributed by atoms with van der Waals surface area (Å²) in [6.07, 6.45) is 74.0. The minimum absolute atomic E-state index is 0.0772. The number of rotatable bonds is 62. The highest BCUT2D eigenvalue weighted by molar-refractivity contribution is 7.47. The fourth-order valence-corrected chi connectivity index (χ4v) is 11.0. The van der Waals surface area contributed by atoms with Crippen LogP contribution in [0.5, 0.6) is 0 Å². The number of nitrogens with one attached hydrogen (secondary N) is 1. The van der Waals surface area contributed by atoms with Crippen molar-refractivity contribution in [1.29, 1.82) is 0 Å². The van der Waals surface area contributed by atoms with Crippen molar-refractivity contribution < 1.29 is 32.9 Å². The number of quaternary nitrogens is 1. The van der Waals surface area contributed by atoms with E-state index in [2.05, 4.69) is 43.5 Å². The van der Waals surface area contributed by atoms with E-state index in [4.69, 9.17) is 9.05 Å². The van der Waals surface area contributed by atoms with Gasteiger partial charge in [-0.3, -0.25) is 13.8 Å². The Labute approximate surface area is 468 Å². The summed E-state index contributed by atoms with van der Waals surface area (Å²) in [5.74, 6) is -0.137. The van der Waals surface area contributed by atoms with Crippen molar-refractivity contribution in [3.05, 3.63) is 24.3 Å². The van der Waals surface area contributed by atoms with Crippen LogP contribution in [0.2, 0.25) is 0 Å². The van der Waals surface area contributed by atoms with Gasteiger partial charge in [-0.15, -0.1) is 0 Å². The third kappa shape index (κ3) is 60.5. The molecule has 0 aromatic heterocycles. The van der Waals surface area contributed by atoms with Crippen molar-refractivity contribution in [2.75, 3.05) is 40.9 Å². The molecule has 1 amide bonds. The molecule has 75 heavy (non-hydrogen) atoms. The lowest BCUT2D eigenvalue weighted by atomic mass is 10.0. The number of amides is 1. The summed E-state index contributed by atoms with van der Waals surface area (Å²) in [5.41, 5.74) is 0. The number of allylic oxidation sites excluding steroid dienone is 4. The van der Waals surface area contributed by atoms with E-state index < -0.39 is 20.0 Å². The molecule has 0 aliphatic carbocycles. The molecule has 3 N–H and O–H groups in total. The standard InChI is InChI=1S/C66H131N2O6P/c1-6-8-10-12-14-16-18-20-22-24-26-28-30-32-33-34-35-36-38-40-42-44-46-48-50-52-54-56-58-60-66(70)67-64(63-74-75(71,72)73-62-61-68(3,4)5)65(69)59-57-55-53-51-49-47-45-43-41-39-37-31-29-27-25-23-21-19-17-15-13-11-9-7-2/h18,20,24,26,64-65,69H,6-17,19,21-23,25,27-63H2,1-5H3,(H-,67,70,71,72)/p+1/b20-18-,26-24-. The summed E-state index contributed by atoms with van der Waals surface area (Å²) in [5, 5.41) is 14.1. The topological polar surface area (TPSA) is 105 Å². The average Bonchev–Trinajstić information content (AvgIpc) is 3.37. The number of carbonyl (C=O) groups is 1. The van der Waals surface area contributed by atoms with E-state index >= 15 is 0 Å². The van der Waals surface area contributed by atoms with E-state index in [1.807, 2.05) is 21.1 Å². The maximum Gasteiger partial charge on any atom is 0.472 e. The molecule has 0 saturated heterocycles. The van der Waals surface area contributed by atoms with Crippen LogP contribution in [-0.4, -0.2) is 73.4 Å². The van der Waals surface area contributed by atoms with Gasteiger partial charge in [0.1, 0.15) is 13.2 Å². The van der Waals surface area contributed by atoms with Gasteiger partial charge in [-0.05, 0) is 44.9 Å². The van der Waals surface area contributed by atoms with Crippen molar-refractivity contribution in [3.63, 3.8) is 0 Å². The Kier molecular flexibility index (Phi) is 56.9. The average molecular weight is 1080 g/mol. The van der Waals surface area contributed by atoms with Crippen LogP contribution in [0.3, 0.4) is 0 Å². The molecular weight excluding hydrogens is 948 g/mol. The van der Waals surface area contributed by atoms with Crippen LogP contribution in [0.1, 0.15) is 341 Å². The molecule has 0 heterocycles. The SMILES string of the molecule is CCCCCCC/C=C\C/C=C\CCCCCCCCCCCCCCCCCCCC(=O)NC(COP(=O)(O)OCC[N+](C)(C)C)C(O)CCCCCCCCCCCCCCCCCCCCCCCCCC. The molecular formula is C66H132N2O6P+. The highest BCUT2D eigenvalue weighted by atomic mass is 31.2. The molecule has 0 spiro atoms. The number of unbranched alkanes of at least 4 members (excludes halogenated alkanes) is 45. The van der Waals surface area contributed by atoms with E-state index in [1.165, 1.54) is 270 Å². The molecule has 9 heteroatoms. The van der Waals surface area contributed by atoms with Gasteiger partial charge in [0.15, 0.2) is 0 Å². The van der Waals surface area contributed by atoms with Crippen molar-refractivity contribution in [2.45, 2.75) is 353 Å². The Hall–Kier alpha value is -1.02. The van der Waals surface area contributed by atoms with E-state index in [0.717, 1.165) is 44.9 Å². The lowest BCUT2D eigenvalue weighted by Gasteiger charge is -2.26. The van der Waals surface area contributed by atoms with Gasteiger partial charge in [-0.25, -0.2) is 4.57 Å². The highest BCUT2D eigenvalue weighted by Crippen LogP contribution is 2.43. The lowest BCUT2D eigenvalue weighted by Crippen LogP contribution is -2.46. The second kappa shape index (κ2) is 57.7. The van der Waals surface area contributed by atoms with Crippen molar-refractivity contribution in [3.8, 4) is 0 Å². The Bertz CT molecular complexity index is 1270. The summed E-state index contributed by atoms with van der Waals surface area (Å²) in [6.45, 7) is 4.94. The Morgan fingerprint density at radius 3 is 1.09 bits per heavy atom. The molecule has 446 valence electrons. The first-order chi connectivity index (χ1) is 36.5. The van der Waals surface area contributed by atoms with Crippen LogP contribution < -0.4 is 5.32 Å². The zero-order chi connectivity index (χ0) is 54.9. The molecule has 0 aromatic carbocycles. The molecule has 0 aliphatic rings. The third-order valence-electron chi connectivity index (χ3n) is 15.5. The summed E-state index contributed by atoms with van der Waals surface area (Å²) in [6, 6.07) is -0.760. The fraction of sp³-hybridized carbons (Fsp3) is 0.924. The van der Waals surface area contributed by atoms with Gasteiger partial charge in [0, 0.05) is 6.42 Å². The molecule has 0 fully saturated rings. The zero-order valence-corrected chi connectivity index (χ0v) is 52.0. The van der Waals surface area contributed by atoms with Gasteiger partial charge in [0.25, 0.3) is 0 Å². The Morgan fingerprint density at radius 2 is 0.760 bits per heavy atom. The predicted molar refractivity (Wildman–Crippen MR) is 328 cm³/mol. The van der Waals surface area contributed by atoms with Gasteiger partial charge in [0.2, 0.25) is 5.91 Å². The first-order valence-corrected chi connectivity index (χ1v) is 34.7. The van der Waals surface area contributed by atoms with Crippen LogP contribution in [-0.2, 0) is 18.4 Å². The normalized spacial score (nSPS) is 13.9. The molecule has 0 radical (unpaired) electrons. The maximum absolute atomic E-state index is 13.1. The molecule has 0 saturated carbocycles. The predicted octanol–water partition coefficient (Wildman–Crippen LogP) is 20.7. The second-order valence-electron chi connectivity index (χ2n) is 24.2. The van der Waals surface area contributed by atoms with Gasteiger partial charge in [-0.1, -0.05) is 314 Å². The monoisotopic (exact) mass is 1080 g/mol. The van der Waals surface area contributed by atoms with E-state index in [0.29, 0.717) is 23.9 Å². The number of phosphoric ester groups is 1. The quantitative estimate of drug-likeness (QED) is 0.0243. The summed E-state index contributed by atoms with van der Waals surface area (Å²) < 4.78 is 23.9. The summed E-state index contributed by atoms with van der Waals surface area (Å²) in [4.78, 5) is 23.4. The molecule has 0 aromatic rings. The molecule has 3 unspecified atom stereocenters. The van der Waals surface area contributed by atoms with Gasteiger partial charge in [0.05, 0.1) is 39.9 Å². The van der Waals surface area contributed by atoms with Crippen LogP contribution in [0.4, 0.5) is 0 Å². The number of likely N-dealkylation sites (N-methyl/N-ethyl adjacent to an activating group) is 1. The van der Waals surface area contributed by atoms with Gasteiger partial charge < -0.3 is 19.8 Å².